The maximum absolute atomic E-state index is 11.8. The Morgan fingerprint density at radius 2 is 2.09 bits per heavy atom. The molecule has 0 saturated heterocycles. The standard InChI is InChI=1S/C21H24O2/c1-4-21(23)10-9-18-17-7-5-14-11-15(22)6-8-16(14)19(17)13(2)12-20(18,21)3/h1,9,11,16-17,19,23H,2,5-8,10,12H2,3H3/t16-,17-,19+,20-,21-/m0/s1. The van der Waals surface area contributed by atoms with Gasteiger partial charge in [0.25, 0.3) is 0 Å². The molecule has 0 aromatic carbocycles. The van der Waals surface area contributed by atoms with Gasteiger partial charge in [-0.1, -0.05) is 42.2 Å². The zero-order valence-electron chi connectivity index (χ0n) is 13.8. The van der Waals surface area contributed by atoms with Gasteiger partial charge in [-0.2, -0.15) is 0 Å². The van der Waals surface area contributed by atoms with E-state index in [1.54, 1.807) is 0 Å². The van der Waals surface area contributed by atoms with E-state index in [2.05, 4.69) is 25.5 Å². The van der Waals surface area contributed by atoms with Gasteiger partial charge in [0, 0.05) is 18.3 Å². The highest BCUT2D eigenvalue weighted by Crippen LogP contribution is 2.63. The van der Waals surface area contributed by atoms with Crippen LogP contribution in [-0.2, 0) is 4.79 Å². The molecular weight excluding hydrogens is 284 g/mol. The van der Waals surface area contributed by atoms with Gasteiger partial charge in [-0.25, -0.2) is 0 Å². The van der Waals surface area contributed by atoms with Gasteiger partial charge in [-0.3, -0.25) is 4.79 Å². The number of allylic oxidation sites excluding steroid dienone is 3. The lowest BCUT2D eigenvalue weighted by atomic mass is 9.51. The monoisotopic (exact) mass is 308 g/mol. The molecule has 0 heterocycles. The van der Waals surface area contributed by atoms with Gasteiger partial charge in [0.05, 0.1) is 0 Å². The molecule has 4 aliphatic carbocycles. The molecule has 2 nitrogen and oxygen atoms in total. The Bertz CT molecular complexity index is 704. The first kappa shape index (κ1) is 15.0. The predicted molar refractivity (Wildman–Crippen MR) is 90.4 cm³/mol. The largest absolute Gasteiger partial charge is 0.376 e. The minimum Gasteiger partial charge on any atom is -0.376 e. The molecule has 2 heteroatoms. The van der Waals surface area contributed by atoms with Crippen molar-refractivity contribution < 1.29 is 9.90 Å². The Morgan fingerprint density at radius 3 is 2.83 bits per heavy atom. The van der Waals surface area contributed by atoms with E-state index in [-0.39, 0.29) is 11.2 Å². The molecule has 4 aliphatic rings. The third-order valence-corrected chi connectivity index (χ3v) is 6.99. The van der Waals surface area contributed by atoms with E-state index in [4.69, 9.17) is 6.42 Å². The van der Waals surface area contributed by atoms with Crippen LogP contribution >= 0.6 is 0 Å². The summed E-state index contributed by atoms with van der Waals surface area (Å²) >= 11 is 0. The summed E-state index contributed by atoms with van der Waals surface area (Å²) in [5.41, 5.74) is 2.46. The number of hydrogen-bond acceptors (Lipinski definition) is 2. The van der Waals surface area contributed by atoms with Crippen LogP contribution < -0.4 is 0 Å². The Hall–Kier alpha value is -1.59. The van der Waals surface area contributed by atoms with Gasteiger partial charge >= 0.3 is 0 Å². The third-order valence-electron chi connectivity index (χ3n) is 6.99. The molecule has 0 spiro atoms. The molecule has 0 aliphatic heterocycles. The van der Waals surface area contributed by atoms with Gasteiger partial charge in [0.15, 0.2) is 5.78 Å². The predicted octanol–water partition coefficient (Wildman–Crippen LogP) is 3.58. The highest BCUT2D eigenvalue weighted by Gasteiger charge is 2.59. The minimum atomic E-state index is -1.07. The molecule has 4 rings (SSSR count). The van der Waals surface area contributed by atoms with E-state index in [9.17, 15) is 9.90 Å². The summed E-state index contributed by atoms with van der Waals surface area (Å²) < 4.78 is 0. The van der Waals surface area contributed by atoms with Crippen molar-refractivity contribution in [2.75, 3.05) is 0 Å². The molecule has 0 aromatic heterocycles. The molecule has 0 unspecified atom stereocenters. The molecule has 5 atom stereocenters. The summed E-state index contributed by atoms with van der Waals surface area (Å²) in [7, 11) is 0. The van der Waals surface area contributed by atoms with Crippen molar-refractivity contribution in [3.8, 4) is 12.3 Å². The van der Waals surface area contributed by atoms with Crippen molar-refractivity contribution in [1.29, 1.82) is 0 Å². The second-order valence-electron chi connectivity index (χ2n) is 8.04. The summed E-state index contributed by atoms with van der Waals surface area (Å²) in [5.74, 6) is 4.26. The number of aliphatic hydroxyl groups is 1. The zero-order valence-corrected chi connectivity index (χ0v) is 13.8. The molecule has 0 bridgehead atoms. The SMILES string of the molecule is C#C[C@]1(O)CC=C2[C@@H]3CCC4=CC(=O)CC[C@@H]4[C@H]3C(=C)C[C@@]21C. The lowest BCUT2D eigenvalue weighted by Gasteiger charge is -2.53. The van der Waals surface area contributed by atoms with Gasteiger partial charge in [0.1, 0.15) is 5.60 Å². The van der Waals surface area contributed by atoms with Crippen LogP contribution in [0.5, 0.6) is 0 Å². The molecular formula is C21H24O2. The molecule has 23 heavy (non-hydrogen) atoms. The zero-order chi connectivity index (χ0) is 16.4. The smallest absolute Gasteiger partial charge is 0.155 e. The summed E-state index contributed by atoms with van der Waals surface area (Å²) in [6.07, 6.45) is 14.7. The highest BCUT2D eigenvalue weighted by molar-refractivity contribution is 5.91. The first-order chi connectivity index (χ1) is 10.9. The Morgan fingerprint density at radius 1 is 1.35 bits per heavy atom. The number of carbonyl (C=O) groups is 1. The van der Waals surface area contributed by atoms with Crippen LogP contribution in [-0.4, -0.2) is 16.5 Å². The number of rotatable bonds is 0. The van der Waals surface area contributed by atoms with E-state index >= 15 is 0 Å². The quantitative estimate of drug-likeness (QED) is 0.548. The lowest BCUT2D eigenvalue weighted by Crippen LogP contribution is -2.50. The van der Waals surface area contributed by atoms with Gasteiger partial charge in [-0.05, 0) is 49.5 Å². The molecule has 0 aromatic rings. The van der Waals surface area contributed by atoms with Crippen molar-refractivity contribution in [3.05, 3.63) is 35.5 Å². The average Bonchev–Trinajstić information content (AvgIpc) is 2.78. The first-order valence-electron chi connectivity index (χ1n) is 8.71. The molecule has 2 saturated carbocycles. The molecule has 0 amide bonds. The molecule has 1 N–H and O–H groups in total. The summed E-state index contributed by atoms with van der Waals surface area (Å²) in [6, 6.07) is 0. The number of terminal acetylenes is 1. The lowest BCUT2D eigenvalue weighted by molar-refractivity contribution is -0.115. The maximum Gasteiger partial charge on any atom is 0.155 e. The number of carbonyl (C=O) groups excluding carboxylic acids is 1. The van der Waals surface area contributed by atoms with Crippen LogP contribution in [0.3, 0.4) is 0 Å². The van der Waals surface area contributed by atoms with Crippen LogP contribution in [0.2, 0.25) is 0 Å². The Kier molecular flexibility index (Phi) is 3.06. The van der Waals surface area contributed by atoms with Crippen molar-refractivity contribution in [2.45, 2.75) is 51.0 Å². The van der Waals surface area contributed by atoms with Crippen LogP contribution in [0.15, 0.2) is 35.5 Å². The fourth-order valence-corrected chi connectivity index (χ4v) is 5.78. The third kappa shape index (κ3) is 1.83. The van der Waals surface area contributed by atoms with E-state index in [0.717, 1.165) is 25.7 Å². The van der Waals surface area contributed by atoms with Crippen molar-refractivity contribution in [2.24, 2.45) is 23.2 Å². The normalized spacial score (nSPS) is 45.3. The molecule has 0 radical (unpaired) electrons. The second-order valence-corrected chi connectivity index (χ2v) is 8.04. The topological polar surface area (TPSA) is 37.3 Å². The molecule has 120 valence electrons. The Balaban J connectivity index is 1.75. The van der Waals surface area contributed by atoms with E-state index in [0.29, 0.717) is 30.6 Å². The average molecular weight is 308 g/mol. The minimum absolute atomic E-state index is 0.280. The number of ketones is 1. The van der Waals surface area contributed by atoms with Crippen LogP contribution in [0.1, 0.15) is 45.4 Å². The van der Waals surface area contributed by atoms with Crippen LogP contribution in [0.4, 0.5) is 0 Å². The summed E-state index contributed by atoms with van der Waals surface area (Å²) in [6.45, 7) is 6.51. The van der Waals surface area contributed by atoms with Crippen LogP contribution in [0, 0.1) is 35.5 Å². The summed E-state index contributed by atoms with van der Waals surface area (Å²) in [5, 5.41) is 10.9. The number of hydrogen-bond donors (Lipinski definition) is 1. The second kappa shape index (κ2) is 4.71. The van der Waals surface area contributed by atoms with Crippen molar-refractivity contribution in [3.63, 3.8) is 0 Å². The first-order valence-corrected chi connectivity index (χ1v) is 8.71. The Labute approximate surface area is 138 Å². The highest BCUT2D eigenvalue weighted by atomic mass is 16.3. The molecule has 2 fully saturated rings. The van der Waals surface area contributed by atoms with E-state index in [1.807, 2.05) is 6.08 Å². The van der Waals surface area contributed by atoms with Crippen molar-refractivity contribution >= 4 is 5.78 Å². The fraction of sp³-hybridized carbons (Fsp3) is 0.571. The van der Waals surface area contributed by atoms with Gasteiger partial charge in [-0.15, -0.1) is 6.42 Å². The summed E-state index contributed by atoms with van der Waals surface area (Å²) in [4.78, 5) is 11.8. The van der Waals surface area contributed by atoms with E-state index in [1.165, 1.54) is 16.7 Å². The van der Waals surface area contributed by atoms with Gasteiger partial charge in [0.2, 0.25) is 0 Å². The van der Waals surface area contributed by atoms with Crippen LogP contribution in [0.25, 0.3) is 0 Å². The van der Waals surface area contributed by atoms with E-state index < -0.39 is 5.60 Å². The maximum atomic E-state index is 11.8. The fourth-order valence-electron chi connectivity index (χ4n) is 5.78. The van der Waals surface area contributed by atoms with Gasteiger partial charge < -0.3 is 5.11 Å². The van der Waals surface area contributed by atoms with Crippen molar-refractivity contribution in [1.82, 2.24) is 0 Å². The number of fused-ring (bicyclic) bond motifs is 5.